The van der Waals surface area contributed by atoms with Gasteiger partial charge in [0.05, 0.1) is 5.69 Å². The molecule has 1 amide bonds. The summed E-state index contributed by atoms with van der Waals surface area (Å²) in [5.74, 6) is 0.860. The molecule has 0 atom stereocenters. The summed E-state index contributed by atoms with van der Waals surface area (Å²) < 4.78 is 11.2. The zero-order valence-electron chi connectivity index (χ0n) is 16.2. The molecule has 0 fully saturated rings. The van der Waals surface area contributed by atoms with Gasteiger partial charge in [-0.05, 0) is 49.3 Å². The second-order valence-corrected chi connectivity index (χ2v) is 7.46. The maximum absolute atomic E-state index is 12.4. The smallest absolute Gasteiger partial charge is 0.262 e. The maximum Gasteiger partial charge on any atom is 0.262 e. The van der Waals surface area contributed by atoms with E-state index >= 15 is 0 Å². The number of ether oxygens (including phenoxy) is 1. The molecule has 0 bridgehead atoms. The summed E-state index contributed by atoms with van der Waals surface area (Å²) in [5.41, 5.74) is 4.34. The maximum atomic E-state index is 12.4. The fourth-order valence-corrected chi connectivity index (χ4v) is 3.79. The van der Waals surface area contributed by atoms with Gasteiger partial charge in [-0.3, -0.25) is 10.1 Å². The molecule has 6 nitrogen and oxygen atoms in total. The molecule has 148 valence electrons. The number of fused-ring (bicyclic) bond motifs is 1. The van der Waals surface area contributed by atoms with Gasteiger partial charge in [-0.15, -0.1) is 0 Å². The lowest BCUT2D eigenvalue weighted by Gasteiger charge is -2.15. The fraction of sp³-hybridized carbons (Fsp3) is 0.227. The average molecular weight is 407 g/mol. The number of carbonyl (C=O) groups excluding carboxylic acids is 1. The van der Waals surface area contributed by atoms with Gasteiger partial charge in [-0.25, -0.2) is 0 Å². The van der Waals surface area contributed by atoms with Crippen LogP contribution < -0.4 is 15.4 Å². The van der Waals surface area contributed by atoms with Crippen molar-refractivity contribution in [2.24, 2.45) is 0 Å². The number of aromatic nitrogens is 1. The number of carbonyl (C=O) groups is 1. The average Bonchev–Trinajstić information content (AvgIpc) is 3.23. The van der Waals surface area contributed by atoms with Crippen LogP contribution in [0.3, 0.4) is 0 Å². The molecule has 4 rings (SSSR count). The third-order valence-corrected chi connectivity index (χ3v) is 5.10. The van der Waals surface area contributed by atoms with Gasteiger partial charge in [0, 0.05) is 24.6 Å². The van der Waals surface area contributed by atoms with E-state index in [2.05, 4.69) is 40.1 Å². The number of nitrogens with one attached hydrogen (secondary N) is 2. The Morgan fingerprint density at radius 2 is 1.86 bits per heavy atom. The van der Waals surface area contributed by atoms with E-state index in [1.807, 2.05) is 24.3 Å². The largest absolute Gasteiger partial charge is 0.490 e. The Morgan fingerprint density at radius 1 is 1.14 bits per heavy atom. The van der Waals surface area contributed by atoms with Crippen LogP contribution in [-0.2, 0) is 12.8 Å². The van der Waals surface area contributed by atoms with Gasteiger partial charge in [0.2, 0.25) is 0 Å². The van der Waals surface area contributed by atoms with E-state index in [0.717, 1.165) is 24.3 Å². The van der Waals surface area contributed by atoms with Crippen molar-refractivity contribution in [3.05, 3.63) is 76.7 Å². The minimum Gasteiger partial charge on any atom is -0.490 e. The summed E-state index contributed by atoms with van der Waals surface area (Å²) >= 11 is 5.27. The van der Waals surface area contributed by atoms with E-state index in [1.165, 1.54) is 11.1 Å². The minimum atomic E-state index is -0.352. The minimum absolute atomic E-state index is 0.119. The summed E-state index contributed by atoms with van der Waals surface area (Å²) in [4.78, 5) is 12.4. The van der Waals surface area contributed by atoms with Crippen molar-refractivity contribution < 1.29 is 14.1 Å². The molecule has 1 aliphatic carbocycles. The Morgan fingerprint density at radius 3 is 2.52 bits per heavy atom. The van der Waals surface area contributed by atoms with Crippen LogP contribution in [0.15, 0.2) is 53.1 Å². The lowest BCUT2D eigenvalue weighted by molar-refractivity contribution is 0.0975. The molecule has 1 aromatic heterocycles. The molecule has 0 radical (unpaired) electrons. The highest BCUT2D eigenvalue weighted by atomic mass is 32.1. The second-order valence-electron chi connectivity index (χ2n) is 7.05. The van der Waals surface area contributed by atoms with Crippen molar-refractivity contribution in [3.63, 3.8) is 0 Å². The van der Waals surface area contributed by atoms with Crippen LogP contribution in [0.25, 0.3) is 0 Å². The van der Waals surface area contributed by atoms with Gasteiger partial charge in [0.25, 0.3) is 5.91 Å². The number of anilines is 1. The number of rotatable bonds is 4. The van der Waals surface area contributed by atoms with Crippen molar-refractivity contribution in [2.75, 3.05) is 5.32 Å². The molecule has 2 N–H and O–H groups in total. The molecular weight excluding hydrogens is 386 g/mol. The van der Waals surface area contributed by atoms with Gasteiger partial charge in [-0.1, -0.05) is 35.5 Å². The Hall–Kier alpha value is -3.19. The van der Waals surface area contributed by atoms with Crippen LogP contribution in [0.5, 0.6) is 5.75 Å². The number of benzene rings is 2. The van der Waals surface area contributed by atoms with Crippen molar-refractivity contribution in [2.45, 2.75) is 32.8 Å². The number of thiocarbonyl (C=S) groups is 1. The topological polar surface area (TPSA) is 76.4 Å². The number of hydrogen-bond acceptors (Lipinski definition) is 5. The van der Waals surface area contributed by atoms with Crippen molar-refractivity contribution in [1.29, 1.82) is 0 Å². The second kappa shape index (κ2) is 8.05. The highest BCUT2D eigenvalue weighted by Gasteiger charge is 2.22. The molecule has 2 aromatic carbocycles. The summed E-state index contributed by atoms with van der Waals surface area (Å²) in [5, 5.41) is 9.66. The number of aryl methyl sites for hydroxylation is 2. The molecular formula is C22H21N3O3S. The summed E-state index contributed by atoms with van der Waals surface area (Å²) in [6, 6.07) is 16.0. The molecule has 29 heavy (non-hydrogen) atoms. The SMILES string of the molecule is Cc1noc(C)c1C(=O)NC(=S)Nc1cccc(OC2Cc3ccccc3C2)c1. The molecule has 1 heterocycles. The Balaban J connectivity index is 1.37. The summed E-state index contributed by atoms with van der Waals surface area (Å²) in [6.45, 7) is 3.40. The monoisotopic (exact) mass is 407 g/mol. The van der Waals surface area contributed by atoms with E-state index in [1.54, 1.807) is 13.8 Å². The molecule has 1 aliphatic rings. The van der Waals surface area contributed by atoms with Crippen molar-refractivity contribution >= 4 is 28.9 Å². The Kier molecular flexibility index (Phi) is 5.31. The molecule has 0 aliphatic heterocycles. The van der Waals surface area contributed by atoms with Crippen LogP contribution in [0, 0.1) is 13.8 Å². The first kappa shape index (κ1) is 19.1. The van der Waals surface area contributed by atoms with Gasteiger partial charge < -0.3 is 14.6 Å². The Bertz CT molecular complexity index is 1030. The molecule has 0 saturated carbocycles. The van der Waals surface area contributed by atoms with E-state index < -0.39 is 0 Å². The van der Waals surface area contributed by atoms with Crippen molar-refractivity contribution in [3.8, 4) is 5.75 Å². The van der Waals surface area contributed by atoms with Gasteiger partial charge >= 0.3 is 0 Å². The summed E-state index contributed by atoms with van der Waals surface area (Å²) in [6.07, 6.45) is 1.92. The standard InChI is InChI=1S/C22H21N3O3S/c1-13-20(14(2)28-25-13)21(26)24-22(29)23-17-8-5-9-18(12-17)27-19-10-15-6-3-4-7-16(15)11-19/h3-9,12,19H,10-11H2,1-2H3,(H2,23,24,26,29). The molecule has 0 spiro atoms. The van der Waals surface area contributed by atoms with E-state index in [9.17, 15) is 4.79 Å². The highest BCUT2D eigenvalue weighted by molar-refractivity contribution is 7.80. The first-order valence-corrected chi connectivity index (χ1v) is 9.79. The third-order valence-electron chi connectivity index (χ3n) is 4.90. The quantitative estimate of drug-likeness (QED) is 0.638. The van der Waals surface area contributed by atoms with Crippen molar-refractivity contribution in [1.82, 2.24) is 10.5 Å². The number of nitrogens with zero attached hydrogens (tertiary/aromatic N) is 1. The van der Waals surface area contributed by atoms with Gasteiger partial charge in [0.1, 0.15) is 23.2 Å². The van der Waals surface area contributed by atoms with E-state index in [4.69, 9.17) is 21.5 Å². The zero-order chi connectivity index (χ0) is 20.4. The van der Waals surface area contributed by atoms with E-state index in [0.29, 0.717) is 17.0 Å². The summed E-state index contributed by atoms with van der Waals surface area (Å²) in [7, 11) is 0. The van der Waals surface area contributed by atoms with Crippen LogP contribution in [0.4, 0.5) is 5.69 Å². The first-order valence-electron chi connectivity index (χ1n) is 9.38. The predicted molar refractivity (Wildman–Crippen MR) is 114 cm³/mol. The Labute approximate surface area is 174 Å². The zero-order valence-corrected chi connectivity index (χ0v) is 17.0. The first-order chi connectivity index (χ1) is 14.0. The molecule has 0 saturated heterocycles. The lowest BCUT2D eigenvalue weighted by Crippen LogP contribution is -2.34. The van der Waals surface area contributed by atoms with Crippen LogP contribution >= 0.6 is 12.2 Å². The van der Waals surface area contributed by atoms with Crippen LogP contribution in [0.1, 0.15) is 32.9 Å². The van der Waals surface area contributed by atoms with Gasteiger partial charge in [0.15, 0.2) is 5.11 Å². The van der Waals surface area contributed by atoms with Gasteiger partial charge in [-0.2, -0.15) is 0 Å². The van der Waals surface area contributed by atoms with E-state index in [-0.39, 0.29) is 17.1 Å². The van der Waals surface area contributed by atoms with Crippen LogP contribution in [-0.4, -0.2) is 22.3 Å². The fourth-order valence-electron chi connectivity index (χ4n) is 3.58. The number of amides is 1. The third kappa shape index (κ3) is 4.30. The highest BCUT2D eigenvalue weighted by Crippen LogP contribution is 2.27. The number of hydrogen-bond donors (Lipinski definition) is 2. The molecule has 3 aromatic rings. The lowest BCUT2D eigenvalue weighted by atomic mass is 10.1. The van der Waals surface area contributed by atoms with Crippen LogP contribution in [0.2, 0.25) is 0 Å². The molecule has 7 heteroatoms. The predicted octanol–water partition coefficient (Wildman–Crippen LogP) is 3.96. The molecule has 0 unspecified atom stereocenters. The normalized spacial score (nSPS) is 13.0.